The molecule has 0 aliphatic heterocycles. The van der Waals surface area contributed by atoms with Crippen molar-refractivity contribution in [2.24, 2.45) is 5.73 Å². The van der Waals surface area contributed by atoms with Crippen LogP contribution in [0, 0.1) is 0 Å². The fourth-order valence-corrected chi connectivity index (χ4v) is 1.75. The lowest BCUT2D eigenvalue weighted by molar-refractivity contribution is -0.117. The van der Waals surface area contributed by atoms with Gasteiger partial charge in [0.15, 0.2) is 0 Å². The van der Waals surface area contributed by atoms with Crippen LogP contribution in [0.3, 0.4) is 0 Å². The Hall–Kier alpha value is -0.580. The minimum Gasteiger partial charge on any atom is -0.325 e. The van der Waals surface area contributed by atoms with Crippen molar-refractivity contribution >= 4 is 39.1 Å². The molecule has 0 fully saturated rings. The SMILES string of the molecule is CCCC(N)C(=O)Nc1ccc(Cl)c(Br)c1. The summed E-state index contributed by atoms with van der Waals surface area (Å²) in [6, 6.07) is 4.74. The van der Waals surface area contributed by atoms with Crippen LogP contribution >= 0.6 is 27.5 Å². The zero-order chi connectivity index (χ0) is 12.1. The van der Waals surface area contributed by atoms with Gasteiger partial charge in [0.25, 0.3) is 0 Å². The largest absolute Gasteiger partial charge is 0.325 e. The molecule has 1 rings (SSSR count). The van der Waals surface area contributed by atoms with Gasteiger partial charge in [-0.3, -0.25) is 4.79 Å². The van der Waals surface area contributed by atoms with E-state index in [2.05, 4.69) is 21.2 Å². The molecule has 0 spiro atoms. The molecule has 0 aliphatic carbocycles. The van der Waals surface area contributed by atoms with E-state index in [0.29, 0.717) is 17.1 Å². The van der Waals surface area contributed by atoms with Crippen LogP contribution in [-0.2, 0) is 4.79 Å². The standard InChI is InChI=1S/C11H14BrClN2O/c1-2-3-10(14)11(16)15-7-4-5-9(13)8(12)6-7/h4-6,10H,2-3,14H2,1H3,(H,15,16). The zero-order valence-electron chi connectivity index (χ0n) is 8.97. The van der Waals surface area contributed by atoms with Crippen LogP contribution < -0.4 is 11.1 Å². The summed E-state index contributed by atoms with van der Waals surface area (Å²) in [4.78, 5) is 11.6. The number of carbonyl (C=O) groups is 1. The van der Waals surface area contributed by atoms with Crippen molar-refractivity contribution in [1.82, 2.24) is 0 Å². The fourth-order valence-electron chi connectivity index (χ4n) is 1.25. The Balaban J connectivity index is 2.66. The lowest BCUT2D eigenvalue weighted by Crippen LogP contribution is -2.35. The van der Waals surface area contributed by atoms with Crippen molar-refractivity contribution in [3.8, 4) is 0 Å². The lowest BCUT2D eigenvalue weighted by Gasteiger charge is -2.11. The van der Waals surface area contributed by atoms with Crippen LogP contribution in [0.25, 0.3) is 0 Å². The van der Waals surface area contributed by atoms with Gasteiger partial charge in [0.1, 0.15) is 0 Å². The van der Waals surface area contributed by atoms with Gasteiger partial charge in [0, 0.05) is 10.2 Å². The van der Waals surface area contributed by atoms with Crippen molar-refractivity contribution in [3.63, 3.8) is 0 Å². The number of nitrogens with two attached hydrogens (primary N) is 1. The second-order valence-electron chi connectivity index (χ2n) is 3.51. The molecule has 16 heavy (non-hydrogen) atoms. The summed E-state index contributed by atoms with van der Waals surface area (Å²) < 4.78 is 0.746. The molecular formula is C11H14BrClN2O. The number of benzene rings is 1. The second kappa shape index (κ2) is 6.23. The molecule has 0 bridgehead atoms. The maximum Gasteiger partial charge on any atom is 0.241 e. The van der Waals surface area contributed by atoms with Gasteiger partial charge in [-0.2, -0.15) is 0 Å². The normalized spacial score (nSPS) is 12.2. The molecule has 0 saturated heterocycles. The summed E-state index contributed by atoms with van der Waals surface area (Å²) in [7, 11) is 0. The van der Waals surface area contributed by atoms with Gasteiger partial charge in [-0.1, -0.05) is 24.9 Å². The van der Waals surface area contributed by atoms with Crippen molar-refractivity contribution in [1.29, 1.82) is 0 Å². The number of hydrogen-bond donors (Lipinski definition) is 2. The highest BCUT2D eigenvalue weighted by Gasteiger charge is 2.12. The number of hydrogen-bond acceptors (Lipinski definition) is 2. The minimum atomic E-state index is -0.459. The van der Waals surface area contributed by atoms with Crippen molar-refractivity contribution in [2.45, 2.75) is 25.8 Å². The summed E-state index contributed by atoms with van der Waals surface area (Å²) in [6.07, 6.45) is 1.57. The highest BCUT2D eigenvalue weighted by atomic mass is 79.9. The molecule has 1 aromatic rings. The van der Waals surface area contributed by atoms with Crippen LogP contribution in [-0.4, -0.2) is 11.9 Å². The number of amides is 1. The van der Waals surface area contributed by atoms with Crippen molar-refractivity contribution in [3.05, 3.63) is 27.7 Å². The number of carbonyl (C=O) groups excluding carboxylic acids is 1. The van der Waals surface area contributed by atoms with E-state index in [0.717, 1.165) is 10.9 Å². The van der Waals surface area contributed by atoms with Gasteiger partial charge in [-0.15, -0.1) is 0 Å². The van der Waals surface area contributed by atoms with Crippen molar-refractivity contribution < 1.29 is 4.79 Å². The minimum absolute atomic E-state index is 0.170. The van der Waals surface area contributed by atoms with Gasteiger partial charge in [0.2, 0.25) is 5.91 Å². The van der Waals surface area contributed by atoms with Crippen LogP contribution in [0.15, 0.2) is 22.7 Å². The molecule has 1 aromatic carbocycles. The number of anilines is 1. The Morgan fingerprint density at radius 1 is 1.62 bits per heavy atom. The first-order chi connectivity index (χ1) is 7.54. The first-order valence-electron chi connectivity index (χ1n) is 5.06. The van der Waals surface area contributed by atoms with E-state index in [4.69, 9.17) is 17.3 Å². The Kier molecular flexibility index (Phi) is 5.25. The predicted molar refractivity (Wildman–Crippen MR) is 70.7 cm³/mol. The molecule has 5 heteroatoms. The third kappa shape index (κ3) is 3.77. The maximum atomic E-state index is 11.6. The molecule has 0 aliphatic rings. The summed E-state index contributed by atoms with van der Waals surface area (Å²) >= 11 is 9.13. The highest BCUT2D eigenvalue weighted by molar-refractivity contribution is 9.10. The first kappa shape index (κ1) is 13.5. The molecule has 0 aromatic heterocycles. The van der Waals surface area contributed by atoms with E-state index in [1.54, 1.807) is 18.2 Å². The number of halogens is 2. The van der Waals surface area contributed by atoms with Crippen LogP contribution in [0.1, 0.15) is 19.8 Å². The molecule has 3 N–H and O–H groups in total. The van der Waals surface area contributed by atoms with E-state index < -0.39 is 6.04 Å². The second-order valence-corrected chi connectivity index (χ2v) is 4.77. The molecule has 1 unspecified atom stereocenters. The van der Waals surface area contributed by atoms with E-state index in [9.17, 15) is 4.79 Å². The molecule has 1 atom stereocenters. The average Bonchev–Trinajstić information content (AvgIpc) is 2.24. The van der Waals surface area contributed by atoms with Crippen LogP contribution in [0.5, 0.6) is 0 Å². The van der Waals surface area contributed by atoms with Crippen molar-refractivity contribution in [2.75, 3.05) is 5.32 Å². The fraction of sp³-hybridized carbons (Fsp3) is 0.364. The Morgan fingerprint density at radius 2 is 2.31 bits per heavy atom. The molecule has 0 radical (unpaired) electrons. The molecule has 1 amide bonds. The van der Waals surface area contributed by atoms with Crippen LogP contribution in [0.4, 0.5) is 5.69 Å². The molecule has 0 heterocycles. The Labute approximate surface area is 108 Å². The van der Waals surface area contributed by atoms with Gasteiger partial charge < -0.3 is 11.1 Å². The summed E-state index contributed by atoms with van der Waals surface area (Å²) in [5, 5.41) is 3.35. The third-order valence-electron chi connectivity index (χ3n) is 2.12. The van der Waals surface area contributed by atoms with Crippen LogP contribution in [0.2, 0.25) is 5.02 Å². The molecular weight excluding hydrogens is 291 g/mol. The summed E-state index contributed by atoms with van der Waals surface area (Å²) in [6.45, 7) is 1.99. The van der Waals surface area contributed by atoms with Gasteiger partial charge in [0.05, 0.1) is 11.1 Å². The maximum absolute atomic E-state index is 11.6. The Bertz CT molecular complexity index is 384. The van der Waals surface area contributed by atoms with E-state index in [1.807, 2.05) is 6.92 Å². The molecule has 88 valence electrons. The van der Waals surface area contributed by atoms with E-state index in [1.165, 1.54) is 0 Å². The van der Waals surface area contributed by atoms with E-state index in [-0.39, 0.29) is 5.91 Å². The first-order valence-corrected chi connectivity index (χ1v) is 6.23. The predicted octanol–water partition coefficient (Wildman–Crippen LogP) is 3.17. The third-order valence-corrected chi connectivity index (χ3v) is 3.34. The summed E-state index contributed by atoms with van der Waals surface area (Å²) in [5.41, 5.74) is 6.38. The van der Waals surface area contributed by atoms with Gasteiger partial charge in [-0.05, 0) is 40.5 Å². The number of nitrogens with one attached hydrogen (secondary N) is 1. The quantitative estimate of drug-likeness (QED) is 0.897. The topological polar surface area (TPSA) is 55.1 Å². The Morgan fingerprint density at radius 3 is 2.88 bits per heavy atom. The van der Waals surface area contributed by atoms with Gasteiger partial charge in [-0.25, -0.2) is 0 Å². The monoisotopic (exact) mass is 304 g/mol. The smallest absolute Gasteiger partial charge is 0.241 e. The zero-order valence-corrected chi connectivity index (χ0v) is 11.3. The molecule has 3 nitrogen and oxygen atoms in total. The average molecular weight is 306 g/mol. The summed E-state index contributed by atoms with van der Waals surface area (Å²) in [5.74, 6) is -0.170. The molecule has 0 saturated carbocycles. The lowest BCUT2D eigenvalue weighted by atomic mass is 10.1. The number of rotatable bonds is 4. The highest BCUT2D eigenvalue weighted by Crippen LogP contribution is 2.25. The van der Waals surface area contributed by atoms with E-state index >= 15 is 0 Å². The van der Waals surface area contributed by atoms with Gasteiger partial charge >= 0.3 is 0 Å².